The van der Waals surface area contributed by atoms with E-state index in [0.717, 1.165) is 0 Å². The summed E-state index contributed by atoms with van der Waals surface area (Å²) in [5.74, 6) is -0.891. The van der Waals surface area contributed by atoms with E-state index in [1.54, 1.807) is 0 Å². The van der Waals surface area contributed by atoms with Gasteiger partial charge >= 0.3 is 0 Å². The van der Waals surface area contributed by atoms with Crippen LogP contribution >= 0.6 is 23.2 Å². The Labute approximate surface area is 86.0 Å². The number of halogens is 2. The highest BCUT2D eigenvalue weighted by Crippen LogP contribution is 2.53. The van der Waals surface area contributed by atoms with Crippen LogP contribution in [0.3, 0.4) is 0 Å². The van der Waals surface area contributed by atoms with Gasteiger partial charge in [0.2, 0.25) is 11.8 Å². The molecule has 1 fully saturated rings. The molecule has 6 heteroatoms. The van der Waals surface area contributed by atoms with Crippen LogP contribution in [0, 0.1) is 5.92 Å². The number of hydrogen-bond acceptors (Lipinski definition) is 2. The molecule has 2 amide bonds. The van der Waals surface area contributed by atoms with Crippen molar-refractivity contribution in [3.8, 4) is 0 Å². The molecule has 13 heavy (non-hydrogen) atoms. The number of carbonyl (C=O) groups is 2. The summed E-state index contributed by atoms with van der Waals surface area (Å²) in [5.41, 5.74) is 0. The molecule has 1 rings (SSSR count). The maximum absolute atomic E-state index is 11.2. The summed E-state index contributed by atoms with van der Waals surface area (Å²) < 4.78 is -0.924. The molecule has 0 bridgehead atoms. The highest BCUT2D eigenvalue weighted by atomic mass is 35.5. The van der Waals surface area contributed by atoms with Gasteiger partial charge in [-0.15, -0.1) is 23.2 Å². The smallest absolute Gasteiger partial charge is 0.239 e. The Kier molecular flexibility index (Phi) is 3.03. The van der Waals surface area contributed by atoms with Gasteiger partial charge in [0.15, 0.2) is 0 Å². The lowest BCUT2D eigenvalue weighted by molar-refractivity contribution is -0.126. The third kappa shape index (κ3) is 2.74. The Morgan fingerprint density at radius 1 is 1.54 bits per heavy atom. The van der Waals surface area contributed by atoms with Crippen molar-refractivity contribution in [3.63, 3.8) is 0 Å². The number of hydrogen-bond donors (Lipinski definition) is 2. The van der Waals surface area contributed by atoms with Gasteiger partial charge in [0.1, 0.15) is 4.33 Å². The maximum atomic E-state index is 11.2. The first-order chi connectivity index (χ1) is 5.97. The van der Waals surface area contributed by atoms with E-state index < -0.39 is 4.33 Å². The van der Waals surface area contributed by atoms with Gasteiger partial charge < -0.3 is 10.6 Å². The second-order valence-corrected chi connectivity index (χ2v) is 4.45. The lowest BCUT2D eigenvalue weighted by atomic mass is 10.4. The van der Waals surface area contributed by atoms with E-state index in [9.17, 15) is 9.59 Å². The number of carbonyl (C=O) groups excluding carboxylic acids is 2. The average Bonchev–Trinajstić information content (AvgIpc) is 2.70. The van der Waals surface area contributed by atoms with Gasteiger partial charge in [0.05, 0.1) is 12.5 Å². The van der Waals surface area contributed by atoms with Crippen molar-refractivity contribution in [2.75, 3.05) is 13.6 Å². The molecule has 0 saturated heterocycles. The Bertz CT molecular complexity index is 243. The highest BCUT2D eigenvalue weighted by molar-refractivity contribution is 6.52. The van der Waals surface area contributed by atoms with E-state index in [0.29, 0.717) is 6.42 Å². The first kappa shape index (κ1) is 10.6. The summed E-state index contributed by atoms with van der Waals surface area (Å²) in [6.45, 7) is -0.0321. The molecule has 1 unspecified atom stereocenters. The summed E-state index contributed by atoms with van der Waals surface area (Å²) in [6, 6.07) is 0. The minimum Gasteiger partial charge on any atom is -0.358 e. The molecule has 74 valence electrons. The fraction of sp³-hybridized carbons (Fsp3) is 0.714. The van der Waals surface area contributed by atoms with E-state index in [2.05, 4.69) is 10.6 Å². The molecule has 0 spiro atoms. The topological polar surface area (TPSA) is 58.2 Å². The van der Waals surface area contributed by atoms with Crippen LogP contribution in [-0.2, 0) is 9.59 Å². The summed E-state index contributed by atoms with van der Waals surface area (Å²) in [7, 11) is 1.50. The zero-order chi connectivity index (χ0) is 10.1. The van der Waals surface area contributed by atoms with Crippen LogP contribution in [0.1, 0.15) is 6.42 Å². The molecule has 0 aromatic heterocycles. The molecule has 0 radical (unpaired) electrons. The Morgan fingerprint density at radius 3 is 2.46 bits per heavy atom. The number of nitrogens with one attached hydrogen (secondary N) is 2. The van der Waals surface area contributed by atoms with Crippen molar-refractivity contribution in [2.24, 2.45) is 5.92 Å². The SMILES string of the molecule is CNC(=O)CNC(=O)C1CC1(Cl)Cl. The highest BCUT2D eigenvalue weighted by Gasteiger charge is 2.56. The normalized spacial score (nSPS) is 23.5. The molecular formula is C7H10Cl2N2O2. The second kappa shape index (κ2) is 3.72. The molecule has 2 N–H and O–H groups in total. The third-order valence-corrected chi connectivity index (χ3v) is 2.68. The van der Waals surface area contributed by atoms with Crippen molar-refractivity contribution in [1.29, 1.82) is 0 Å². The molecule has 1 saturated carbocycles. The molecule has 0 aromatic rings. The minimum atomic E-state index is -0.924. The molecule has 0 aromatic carbocycles. The van der Waals surface area contributed by atoms with E-state index in [4.69, 9.17) is 23.2 Å². The second-order valence-electron chi connectivity index (χ2n) is 2.91. The van der Waals surface area contributed by atoms with Crippen LogP contribution in [-0.4, -0.2) is 29.7 Å². The quantitative estimate of drug-likeness (QED) is 0.666. The third-order valence-electron chi connectivity index (χ3n) is 1.84. The molecule has 0 heterocycles. The summed E-state index contributed by atoms with van der Waals surface area (Å²) in [4.78, 5) is 21.9. The molecule has 4 nitrogen and oxygen atoms in total. The van der Waals surface area contributed by atoms with Gasteiger partial charge in [-0.25, -0.2) is 0 Å². The number of amides is 2. The minimum absolute atomic E-state index is 0.0321. The van der Waals surface area contributed by atoms with Crippen molar-refractivity contribution in [3.05, 3.63) is 0 Å². The van der Waals surface area contributed by atoms with Gasteiger partial charge in [0.25, 0.3) is 0 Å². The molecular weight excluding hydrogens is 215 g/mol. The summed E-state index contributed by atoms with van der Waals surface area (Å²) in [5, 5.41) is 4.81. The summed E-state index contributed by atoms with van der Waals surface area (Å²) in [6.07, 6.45) is 0.454. The molecule has 1 aliphatic rings. The zero-order valence-electron chi connectivity index (χ0n) is 7.06. The Morgan fingerprint density at radius 2 is 2.08 bits per heavy atom. The van der Waals surface area contributed by atoms with E-state index in [1.807, 2.05) is 0 Å². The largest absolute Gasteiger partial charge is 0.358 e. The van der Waals surface area contributed by atoms with Crippen LogP contribution in [0.4, 0.5) is 0 Å². The monoisotopic (exact) mass is 224 g/mol. The first-order valence-electron chi connectivity index (χ1n) is 3.83. The molecule has 1 atom stereocenters. The van der Waals surface area contributed by atoms with Crippen LogP contribution in [0.2, 0.25) is 0 Å². The molecule has 0 aliphatic heterocycles. The van der Waals surface area contributed by atoms with Crippen molar-refractivity contribution >= 4 is 35.0 Å². The van der Waals surface area contributed by atoms with Gasteiger partial charge in [0, 0.05) is 7.05 Å². The fourth-order valence-corrected chi connectivity index (χ4v) is 1.38. The standard InChI is InChI=1S/C7H10Cl2N2O2/c1-10-5(12)3-11-6(13)4-2-7(4,8)9/h4H,2-3H2,1H3,(H,10,12)(H,11,13). The van der Waals surface area contributed by atoms with Gasteiger partial charge in [-0.2, -0.15) is 0 Å². The predicted octanol–water partition coefficient (Wildman–Crippen LogP) is 0.0424. The van der Waals surface area contributed by atoms with Crippen LogP contribution in [0.15, 0.2) is 0 Å². The van der Waals surface area contributed by atoms with Crippen LogP contribution in [0.25, 0.3) is 0 Å². The number of rotatable bonds is 3. The Balaban J connectivity index is 2.24. The number of likely N-dealkylation sites (N-methyl/N-ethyl adjacent to an activating group) is 1. The van der Waals surface area contributed by atoms with Gasteiger partial charge in [-0.3, -0.25) is 9.59 Å². The van der Waals surface area contributed by atoms with E-state index in [1.165, 1.54) is 7.05 Å². The van der Waals surface area contributed by atoms with Crippen LogP contribution in [0.5, 0.6) is 0 Å². The van der Waals surface area contributed by atoms with Gasteiger partial charge in [-0.05, 0) is 6.42 Å². The lowest BCUT2D eigenvalue weighted by Crippen LogP contribution is -2.36. The Hall–Kier alpha value is -0.480. The average molecular weight is 225 g/mol. The number of alkyl halides is 2. The fourth-order valence-electron chi connectivity index (χ4n) is 0.877. The molecule has 1 aliphatic carbocycles. The first-order valence-corrected chi connectivity index (χ1v) is 4.59. The maximum Gasteiger partial charge on any atom is 0.239 e. The lowest BCUT2D eigenvalue weighted by Gasteiger charge is -2.03. The van der Waals surface area contributed by atoms with Crippen molar-refractivity contribution in [2.45, 2.75) is 10.8 Å². The van der Waals surface area contributed by atoms with Crippen molar-refractivity contribution in [1.82, 2.24) is 10.6 Å². The zero-order valence-corrected chi connectivity index (χ0v) is 8.58. The van der Waals surface area contributed by atoms with Crippen molar-refractivity contribution < 1.29 is 9.59 Å². The summed E-state index contributed by atoms with van der Waals surface area (Å²) >= 11 is 11.3. The van der Waals surface area contributed by atoms with Gasteiger partial charge in [-0.1, -0.05) is 0 Å². The predicted molar refractivity (Wildman–Crippen MR) is 49.6 cm³/mol. The van der Waals surface area contributed by atoms with E-state index in [-0.39, 0.29) is 24.3 Å². The van der Waals surface area contributed by atoms with Crippen LogP contribution < -0.4 is 10.6 Å². The van der Waals surface area contributed by atoms with E-state index >= 15 is 0 Å².